The maximum absolute atomic E-state index is 13.4. The van der Waals surface area contributed by atoms with Crippen molar-refractivity contribution in [2.45, 2.75) is 33.2 Å². The third kappa shape index (κ3) is 8.18. The molecule has 10 heteroatoms. The van der Waals surface area contributed by atoms with E-state index < -0.39 is 28.5 Å². The molecule has 0 aromatic heterocycles. The van der Waals surface area contributed by atoms with E-state index in [1.165, 1.54) is 23.1 Å². The Hall–Kier alpha value is -2.29. The van der Waals surface area contributed by atoms with Crippen molar-refractivity contribution in [2.24, 2.45) is 5.92 Å². The molecule has 0 fully saturated rings. The van der Waals surface area contributed by atoms with Gasteiger partial charge in [0.1, 0.15) is 12.6 Å². The summed E-state index contributed by atoms with van der Waals surface area (Å²) in [6, 6.07) is 13.1. The van der Waals surface area contributed by atoms with Crippen LogP contribution >= 0.6 is 23.2 Å². The van der Waals surface area contributed by atoms with Gasteiger partial charge in [-0.1, -0.05) is 67.4 Å². The molecule has 0 radical (unpaired) electrons. The number of carbonyl (C=O) groups excluding carboxylic acids is 2. The number of amides is 2. The van der Waals surface area contributed by atoms with Gasteiger partial charge in [0.2, 0.25) is 21.8 Å². The average molecular weight is 529 g/mol. The van der Waals surface area contributed by atoms with Crippen LogP contribution in [0, 0.1) is 5.92 Å². The molecule has 0 spiro atoms. The van der Waals surface area contributed by atoms with Gasteiger partial charge in [0, 0.05) is 13.1 Å². The Balaban J connectivity index is 2.31. The van der Waals surface area contributed by atoms with E-state index in [1.54, 1.807) is 6.92 Å². The van der Waals surface area contributed by atoms with Crippen molar-refractivity contribution < 1.29 is 18.0 Å². The molecule has 0 heterocycles. The molecule has 0 aliphatic heterocycles. The standard InChI is InChI=1S/C24H31Cl2N3O4S/c1-17(2)15-27-24(31)18(3)28(13-12-19-8-6-5-7-9-19)23(30)16-29(34(4,32)33)20-10-11-21(25)22(26)14-20/h5-11,14,17-18H,12-13,15-16H2,1-4H3,(H,27,31)/t18-/m1/s1. The molecule has 1 N–H and O–H groups in total. The molecule has 2 aromatic carbocycles. The minimum absolute atomic E-state index is 0.169. The van der Waals surface area contributed by atoms with Crippen molar-refractivity contribution in [3.8, 4) is 0 Å². The molecule has 0 aliphatic rings. The summed E-state index contributed by atoms with van der Waals surface area (Å²) >= 11 is 12.0. The van der Waals surface area contributed by atoms with Crippen LogP contribution in [0.25, 0.3) is 0 Å². The number of nitrogens with zero attached hydrogens (tertiary/aromatic N) is 2. The van der Waals surface area contributed by atoms with E-state index >= 15 is 0 Å². The van der Waals surface area contributed by atoms with Crippen molar-refractivity contribution in [1.29, 1.82) is 0 Å². The molecule has 2 rings (SSSR count). The lowest BCUT2D eigenvalue weighted by Crippen LogP contribution is -2.52. The van der Waals surface area contributed by atoms with Crippen LogP contribution in [0.2, 0.25) is 10.0 Å². The van der Waals surface area contributed by atoms with E-state index in [2.05, 4.69) is 5.32 Å². The highest BCUT2D eigenvalue weighted by molar-refractivity contribution is 7.92. The molecule has 0 unspecified atom stereocenters. The third-order valence-corrected chi connectivity index (χ3v) is 7.09. The number of rotatable bonds is 11. The Kier molecular flexibility index (Phi) is 10.2. The van der Waals surface area contributed by atoms with Gasteiger partial charge in [-0.3, -0.25) is 13.9 Å². The number of hydrogen-bond donors (Lipinski definition) is 1. The number of hydrogen-bond acceptors (Lipinski definition) is 4. The van der Waals surface area contributed by atoms with Crippen LogP contribution in [0.5, 0.6) is 0 Å². The summed E-state index contributed by atoms with van der Waals surface area (Å²) in [4.78, 5) is 27.6. The second-order valence-corrected chi connectivity index (χ2v) is 11.2. The molecule has 186 valence electrons. The van der Waals surface area contributed by atoms with Gasteiger partial charge in [-0.15, -0.1) is 0 Å². The number of sulfonamides is 1. The first-order valence-corrected chi connectivity index (χ1v) is 13.5. The lowest BCUT2D eigenvalue weighted by Gasteiger charge is -2.31. The van der Waals surface area contributed by atoms with E-state index in [0.717, 1.165) is 16.1 Å². The van der Waals surface area contributed by atoms with Gasteiger partial charge in [-0.25, -0.2) is 8.42 Å². The highest BCUT2D eigenvalue weighted by atomic mass is 35.5. The van der Waals surface area contributed by atoms with Gasteiger partial charge in [0.15, 0.2) is 0 Å². The fourth-order valence-electron chi connectivity index (χ4n) is 3.28. The number of halogens is 2. The zero-order valence-electron chi connectivity index (χ0n) is 19.8. The summed E-state index contributed by atoms with van der Waals surface area (Å²) < 4.78 is 26.1. The van der Waals surface area contributed by atoms with Gasteiger partial charge < -0.3 is 10.2 Å². The molecule has 2 aromatic rings. The van der Waals surface area contributed by atoms with Crippen molar-refractivity contribution in [3.63, 3.8) is 0 Å². The minimum Gasteiger partial charge on any atom is -0.354 e. The molecular weight excluding hydrogens is 497 g/mol. The SMILES string of the molecule is CC(C)CNC(=O)[C@@H](C)N(CCc1ccccc1)C(=O)CN(c1ccc(Cl)c(Cl)c1)S(C)(=O)=O. The number of anilines is 1. The zero-order chi connectivity index (χ0) is 25.5. The quantitative estimate of drug-likeness (QED) is 0.478. The lowest BCUT2D eigenvalue weighted by atomic mass is 10.1. The van der Waals surface area contributed by atoms with E-state index in [4.69, 9.17) is 23.2 Å². The normalized spacial score (nSPS) is 12.3. The average Bonchev–Trinajstić information content (AvgIpc) is 2.77. The Morgan fingerprint density at radius 2 is 1.65 bits per heavy atom. The van der Waals surface area contributed by atoms with E-state index in [1.807, 2.05) is 44.2 Å². The molecule has 34 heavy (non-hydrogen) atoms. The predicted molar refractivity (Wildman–Crippen MR) is 138 cm³/mol. The molecule has 0 aliphatic carbocycles. The highest BCUT2D eigenvalue weighted by Crippen LogP contribution is 2.28. The Morgan fingerprint density at radius 1 is 1.00 bits per heavy atom. The van der Waals surface area contributed by atoms with Crippen molar-refractivity contribution in [2.75, 3.05) is 30.2 Å². The van der Waals surface area contributed by atoms with Gasteiger partial charge in [0.05, 0.1) is 22.0 Å². The Bertz CT molecular complexity index is 1090. The largest absolute Gasteiger partial charge is 0.354 e. The maximum atomic E-state index is 13.4. The van der Waals surface area contributed by atoms with Gasteiger partial charge >= 0.3 is 0 Å². The van der Waals surface area contributed by atoms with Crippen molar-refractivity contribution >= 4 is 50.7 Å². The summed E-state index contributed by atoms with van der Waals surface area (Å²) in [6.45, 7) is 5.84. The van der Waals surface area contributed by atoms with E-state index in [9.17, 15) is 18.0 Å². The number of benzene rings is 2. The molecule has 0 saturated heterocycles. The molecule has 1 atom stereocenters. The van der Waals surface area contributed by atoms with Crippen LogP contribution < -0.4 is 9.62 Å². The predicted octanol–water partition coefficient (Wildman–Crippen LogP) is 3.99. The van der Waals surface area contributed by atoms with Crippen molar-refractivity contribution in [3.05, 3.63) is 64.1 Å². The second kappa shape index (κ2) is 12.4. The van der Waals surface area contributed by atoms with Gasteiger partial charge in [-0.05, 0) is 43.0 Å². The van der Waals surface area contributed by atoms with E-state index in [0.29, 0.717) is 13.0 Å². The zero-order valence-corrected chi connectivity index (χ0v) is 22.1. The summed E-state index contributed by atoms with van der Waals surface area (Å²) in [7, 11) is -3.83. The first-order valence-electron chi connectivity index (χ1n) is 10.9. The molecule has 2 amide bonds. The van der Waals surface area contributed by atoms with Gasteiger partial charge in [-0.2, -0.15) is 0 Å². The molecule has 0 bridgehead atoms. The highest BCUT2D eigenvalue weighted by Gasteiger charge is 2.30. The van der Waals surface area contributed by atoms with Crippen LogP contribution in [-0.2, 0) is 26.0 Å². The second-order valence-electron chi connectivity index (χ2n) is 8.51. The summed E-state index contributed by atoms with van der Waals surface area (Å²) in [6.07, 6.45) is 1.52. The maximum Gasteiger partial charge on any atom is 0.244 e. The first kappa shape index (κ1) is 28.0. The molecule has 7 nitrogen and oxygen atoms in total. The van der Waals surface area contributed by atoms with Crippen LogP contribution in [0.3, 0.4) is 0 Å². The van der Waals surface area contributed by atoms with Gasteiger partial charge in [0.25, 0.3) is 0 Å². The minimum atomic E-state index is -3.83. The fraction of sp³-hybridized carbons (Fsp3) is 0.417. The van der Waals surface area contributed by atoms with E-state index in [-0.39, 0.29) is 34.1 Å². The Morgan fingerprint density at radius 3 is 2.21 bits per heavy atom. The Labute approximate surface area is 212 Å². The lowest BCUT2D eigenvalue weighted by molar-refractivity contribution is -0.138. The monoisotopic (exact) mass is 527 g/mol. The smallest absolute Gasteiger partial charge is 0.244 e. The third-order valence-electron chi connectivity index (χ3n) is 5.21. The summed E-state index contributed by atoms with van der Waals surface area (Å²) in [5.41, 5.74) is 1.21. The molecular formula is C24H31Cl2N3O4S. The summed E-state index contributed by atoms with van der Waals surface area (Å²) in [5, 5.41) is 3.29. The fourth-order valence-corrected chi connectivity index (χ4v) is 4.41. The summed E-state index contributed by atoms with van der Waals surface area (Å²) in [5.74, 6) is -0.546. The van der Waals surface area contributed by atoms with Crippen LogP contribution in [0.15, 0.2) is 48.5 Å². The topological polar surface area (TPSA) is 86.8 Å². The molecule has 0 saturated carbocycles. The van der Waals surface area contributed by atoms with Crippen LogP contribution in [0.1, 0.15) is 26.3 Å². The van der Waals surface area contributed by atoms with Crippen molar-refractivity contribution in [1.82, 2.24) is 10.2 Å². The number of carbonyl (C=O) groups is 2. The first-order chi connectivity index (χ1) is 15.9. The van der Waals surface area contributed by atoms with Crippen LogP contribution in [-0.4, -0.2) is 57.1 Å². The number of nitrogens with one attached hydrogen (secondary N) is 1. The van der Waals surface area contributed by atoms with Crippen LogP contribution in [0.4, 0.5) is 5.69 Å².